The third-order valence-corrected chi connectivity index (χ3v) is 5.49. The molecule has 1 aromatic heterocycles. The fourth-order valence-electron chi connectivity index (χ4n) is 2.01. The number of aromatic nitrogens is 2. The zero-order valence-corrected chi connectivity index (χ0v) is 14.9. The molecule has 0 N–H and O–H groups in total. The normalized spacial score (nSPS) is 14.7. The molecule has 0 fully saturated rings. The fraction of sp³-hybridized carbons (Fsp3) is 0.462. The van der Waals surface area contributed by atoms with Crippen molar-refractivity contribution in [1.82, 2.24) is 9.55 Å². The molecule has 7 heteroatoms. The zero-order chi connectivity index (χ0) is 14.9. The molecule has 2 rings (SSSR count). The average Bonchev–Trinajstić information content (AvgIpc) is 2.68. The summed E-state index contributed by atoms with van der Waals surface area (Å²) in [5, 5.41) is -0.0242. The lowest BCUT2D eigenvalue weighted by atomic mass is 10.3. The molecule has 1 heterocycles. The predicted octanol–water partition coefficient (Wildman–Crippen LogP) is 3.33. The molecule has 2 unspecified atom stereocenters. The van der Waals surface area contributed by atoms with Gasteiger partial charge in [-0.05, 0) is 35.6 Å². The number of benzene rings is 1. The molecular weight excluding hydrogens is 414 g/mol. The molecule has 1 aromatic carbocycles. The molecule has 0 radical (unpaired) electrons. The van der Waals surface area contributed by atoms with Crippen molar-refractivity contribution in [3.63, 3.8) is 0 Å². The van der Waals surface area contributed by atoms with Crippen LogP contribution < -0.4 is 0 Å². The van der Waals surface area contributed by atoms with E-state index in [1.165, 1.54) is 6.07 Å². The minimum absolute atomic E-state index is 0.0242. The largest absolute Gasteiger partial charge is 0.327 e. The molecule has 0 amide bonds. The summed E-state index contributed by atoms with van der Waals surface area (Å²) in [6.45, 7) is 2.46. The van der Waals surface area contributed by atoms with Crippen molar-refractivity contribution < 1.29 is 8.60 Å². The number of hydrogen-bond acceptors (Lipinski definition) is 2. The quantitative estimate of drug-likeness (QED) is 0.541. The third kappa shape index (κ3) is 3.33. The van der Waals surface area contributed by atoms with Gasteiger partial charge in [-0.2, -0.15) is 0 Å². The lowest BCUT2D eigenvalue weighted by molar-refractivity contribution is 0.616. The highest BCUT2D eigenvalue weighted by Gasteiger charge is 2.16. The molecule has 3 nitrogen and oxygen atoms in total. The van der Waals surface area contributed by atoms with Crippen LogP contribution in [0.5, 0.6) is 0 Å². The van der Waals surface area contributed by atoms with Gasteiger partial charge in [0.1, 0.15) is 11.6 Å². The van der Waals surface area contributed by atoms with Gasteiger partial charge in [0.05, 0.1) is 14.6 Å². The van der Waals surface area contributed by atoms with Crippen molar-refractivity contribution in [2.75, 3.05) is 12.1 Å². The van der Waals surface area contributed by atoms with Crippen LogP contribution in [0.4, 0.5) is 4.39 Å². The lowest BCUT2D eigenvalue weighted by Gasteiger charge is -2.13. The Morgan fingerprint density at radius 3 is 2.85 bits per heavy atom. The van der Waals surface area contributed by atoms with Crippen molar-refractivity contribution in [2.45, 2.75) is 25.1 Å². The van der Waals surface area contributed by atoms with Gasteiger partial charge in [0.25, 0.3) is 0 Å². The van der Waals surface area contributed by atoms with E-state index in [0.717, 1.165) is 16.9 Å². The highest BCUT2D eigenvalue weighted by atomic mass is 127. The maximum atomic E-state index is 13.8. The molecule has 0 aliphatic heterocycles. The predicted molar refractivity (Wildman–Crippen MR) is 90.4 cm³/mol. The van der Waals surface area contributed by atoms with E-state index in [2.05, 4.69) is 4.98 Å². The lowest BCUT2D eigenvalue weighted by Crippen LogP contribution is -2.19. The molecule has 2 atom stereocenters. The zero-order valence-electron chi connectivity index (χ0n) is 11.2. The summed E-state index contributed by atoms with van der Waals surface area (Å²) in [4.78, 5) is 4.52. The van der Waals surface area contributed by atoms with Crippen LogP contribution in [0.25, 0.3) is 11.0 Å². The second kappa shape index (κ2) is 6.70. The number of fused-ring (bicyclic) bond motifs is 1. The summed E-state index contributed by atoms with van der Waals surface area (Å²) in [5.41, 5.74) is 1.49. The smallest absolute Gasteiger partial charge is 0.138 e. The van der Waals surface area contributed by atoms with Crippen LogP contribution in [0, 0.1) is 9.39 Å². The second-order valence-corrected chi connectivity index (χ2v) is 7.98. The van der Waals surface area contributed by atoms with Gasteiger partial charge in [0, 0.05) is 47.2 Å². The van der Waals surface area contributed by atoms with Gasteiger partial charge in [-0.3, -0.25) is 4.21 Å². The number of halogens is 3. The SMILES string of the molecule is CC(Cn1c(CCCl)nc2cc(I)c(F)cc21)S(C)=O. The van der Waals surface area contributed by atoms with E-state index >= 15 is 0 Å². The highest BCUT2D eigenvalue weighted by molar-refractivity contribution is 14.1. The standard InChI is InChI=1S/C13H15ClFIN2OS/c1-8(20(2)19)7-18-12-5-9(15)10(16)6-11(12)17-13(18)3-4-14/h5-6,8H,3-4,7H2,1-2H3. The van der Waals surface area contributed by atoms with Crippen molar-refractivity contribution in [2.24, 2.45) is 0 Å². The second-order valence-electron chi connectivity index (χ2n) is 4.64. The minimum atomic E-state index is -0.937. The van der Waals surface area contributed by atoms with Crippen LogP contribution in [0.3, 0.4) is 0 Å². The van der Waals surface area contributed by atoms with Gasteiger partial charge >= 0.3 is 0 Å². The van der Waals surface area contributed by atoms with Crippen LogP contribution in [-0.2, 0) is 23.8 Å². The van der Waals surface area contributed by atoms with Crippen molar-refractivity contribution in [1.29, 1.82) is 0 Å². The number of hydrogen-bond donors (Lipinski definition) is 0. The molecule has 0 bridgehead atoms. The molecule has 2 aromatic rings. The molecule has 0 saturated carbocycles. The molecule has 0 saturated heterocycles. The summed E-state index contributed by atoms with van der Waals surface area (Å²) >= 11 is 7.76. The first kappa shape index (κ1) is 16.2. The molecule has 20 heavy (non-hydrogen) atoms. The van der Waals surface area contributed by atoms with Crippen LogP contribution >= 0.6 is 34.2 Å². The third-order valence-electron chi connectivity index (χ3n) is 3.19. The van der Waals surface area contributed by atoms with Crippen LogP contribution in [0.2, 0.25) is 0 Å². The number of rotatable bonds is 5. The van der Waals surface area contributed by atoms with Crippen molar-refractivity contribution in [3.05, 3.63) is 27.3 Å². The molecular formula is C13H15ClFIN2OS. The van der Waals surface area contributed by atoms with Crippen molar-refractivity contribution in [3.8, 4) is 0 Å². The Bertz CT molecular complexity index is 661. The molecule has 0 aliphatic carbocycles. The first-order valence-corrected chi connectivity index (χ1v) is 9.39. The maximum absolute atomic E-state index is 13.8. The van der Waals surface area contributed by atoms with E-state index in [-0.39, 0.29) is 11.1 Å². The Morgan fingerprint density at radius 2 is 2.25 bits per heavy atom. The average molecular weight is 429 g/mol. The Kier molecular flexibility index (Phi) is 5.42. The van der Waals surface area contributed by atoms with Gasteiger partial charge in [-0.25, -0.2) is 9.37 Å². The van der Waals surface area contributed by atoms with E-state index in [0.29, 0.717) is 22.4 Å². The first-order chi connectivity index (χ1) is 9.43. The molecule has 0 spiro atoms. The van der Waals surface area contributed by atoms with E-state index in [1.807, 2.05) is 34.1 Å². The summed E-state index contributed by atoms with van der Waals surface area (Å²) in [6, 6.07) is 3.22. The van der Waals surface area contributed by atoms with Crippen LogP contribution in [0.15, 0.2) is 12.1 Å². The Hall–Kier alpha value is -0.210. The van der Waals surface area contributed by atoms with E-state index in [9.17, 15) is 8.60 Å². The fourth-order valence-corrected chi connectivity index (χ4v) is 2.99. The summed E-state index contributed by atoms with van der Waals surface area (Å²) in [7, 11) is -0.937. The van der Waals surface area contributed by atoms with E-state index < -0.39 is 10.8 Å². The first-order valence-electron chi connectivity index (χ1n) is 6.16. The summed E-state index contributed by atoms with van der Waals surface area (Å²) < 4.78 is 27.8. The Labute approximate surface area is 138 Å². The highest BCUT2D eigenvalue weighted by Crippen LogP contribution is 2.23. The van der Waals surface area contributed by atoms with E-state index in [4.69, 9.17) is 11.6 Å². The summed E-state index contributed by atoms with van der Waals surface area (Å²) in [5.74, 6) is 1.00. The monoisotopic (exact) mass is 428 g/mol. The van der Waals surface area contributed by atoms with Crippen molar-refractivity contribution >= 4 is 56.0 Å². The maximum Gasteiger partial charge on any atom is 0.138 e. The number of alkyl halides is 1. The van der Waals surface area contributed by atoms with Gasteiger partial charge in [-0.15, -0.1) is 11.6 Å². The molecule has 0 aliphatic rings. The molecule has 110 valence electrons. The van der Waals surface area contributed by atoms with E-state index in [1.54, 1.807) is 12.3 Å². The summed E-state index contributed by atoms with van der Waals surface area (Å²) in [6.07, 6.45) is 2.28. The van der Waals surface area contributed by atoms with Crippen LogP contribution in [0.1, 0.15) is 12.7 Å². The van der Waals surface area contributed by atoms with Gasteiger partial charge in [-0.1, -0.05) is 0 Å². The number of imidazole rings is 1. The Balaban J connectivity index is 2.55. The van der Waals surface area contributed by atoms with Gasteiger partial charge in [0.2, 0.25) is 0 Å². The number of nitrogens with zero attached hydrogens (tertiary/aromatic N) is 2. The Morgan fingerprint density at radius 1 is 1.55 bits per heavy atom. The van der Waals surface area contributed by atoms with Crippen LogP contribution in [-0.4, -0.2) is 31.1 Å². The number of aryl methyl sites for hydroxylation is 1. The minimum Gasteiger partial charge on any atom is -0.327 e. The van der Waals surface area contributed by atoms with Gasteiger partial charge in [0.15, 0.2) is 0 Å². The van der Waals surface area contributed by atoms with Gasteiger partial charge < -0.3 is 4.57 Å². The topological polar surface area (TPSA) is 34.9 Å².